The third kappa shape index (κ3) is 3.80. The minimum Gasteiger partial charge on any atom is -0.0622 e. The zero-order valence-corrected chi connectivity index (χ0v) is 28.0. The second-order valence-electron chi connectivity index (χ2n) is 13.9. The average molecular weight is 645 g/mol. The minimum atomic E-state index is -0.462. The zero-order valence-electron chi connectivity index (χ0n) is 28.0. The Morgan fingerprint density at radius 2 is 0.784 bits per heavy atom. The molecule has 0 fully saturated rings. The third-order valence-electron chi connectivity index (χ3n) is 11.5. The van der Waals surface area contributed by atoms with Gasteiger partial charge in [0.2, 0.25) is 0 Å². The van der Waals surface area contributed by atoms with Crippen LogP contribution in [0.15, 0.2) is 194 Å². The fraction of sp³-hybridized carbons (Fsp3) is 0.0196. The Balaban J connectivity index is 1.30. The molecule has 0 saturated heterocycles. The summed E-state index contributed by atoms with van der Waals surface area (Å²) < 4.78 is 0. The number of hydrogen-bond acceptors (Lipinski definition) is 0. The van der Waals surface area contributed by atoms with E-state index in [1.165, 1.54) is 99.4 Å². The molecule has 9 aromatic carbocycles. The highest BCUT2D eigenvalue weighted by atomic mass is 14.5. The Labute approximate surface area is 297 Å². The van der Waals surface area contributed by atoms with Crippen molar-refractivity contribution in [3.05, 3.63) is 216 Å². The normalized spacial score (nSPS) is 13.3. The van der Waals surface area contributed by atoms with E-state index in [2.05, 4.69) is 194 Å². The molecule has 0 nitrogen and oxygen atoms in total. The lowest BCUT2D eigenvalue weighted by Crippen LogP contribution is -2.28. The molecule has 0 heterocycles. The van der Waals surface area contributed by atoms with Crippen LogP contribution in [-0.4, -0.2) is 0 Å². The topological polar surface area (TPSA) is 0 Å². The van der Waals surface area contributed by atoms with Crippen LogP contribution in [-0.2, 0) is 5.41 Å². The smallest absolute Gasteiger partial charge is 0.0622 e. The lowest BCUT2D eigenvalue weighted by Gasteiger charge is -2.34. The van der Waals surface area contributed by atoms with Gasteiger partial charge in [-0.05, 0) is 105 Å². The van der Waals surface area contributed by atoms with Crippen molar-refractivity contribution in [2.75, 3.05) is 0 Å². The van der Waals surface area contributed by atoms with Gasteiger partial charge in [-0.2, -0.15) is 0 Å². The van der Waals surface area contributed by atoms with Crippen LogP contribution in [0.4, 0.5) is 0 Å². The van der Waals surface area contributed by atoms with Crippen molar-refractivity contribution in [2.24, 2.45) is 0 Å². The van der Waals surface area contributed by atoms with Crippen LogP contribution in [0.25, 0.3) is 77.2 Å². The molecule has 51 heavy (non-hydrogen) atoms. The van der Waals surface area contributed by atoms with E-state index in [0.717, 1.165) is 0 Å². The Hall–Kier alpha value is -6.50. The molecular formula is C51H32. The molecular weight excluding hydrogens is 613 g/mol. The molecule has 0 unspecified atom stereocenters. The van der Waals surface area contributed by atoms with E-state index in [1.54, 1.807) is 0 Å². The number of hydrogen-bond donors (Lipinski definition) is 0. The molecule has 0 aliphatic heterocycles. The summed E-state index contributed by atoms with van der Waals surface area (Å²) in [5.74, 6) is 0. The molecule has 236 valence electrons. The highest BCUT2D eigenvalue weighted by Crippen LogP contribution is 2.60. The lowest BCUT2D eigenvalue weighted by molar-refractivity contribution is 0.769. The first-order chi connectivity index (χ1) is 25.3. The van der Waals surface area contributed by atoms with Crippen LogP contribution in [0, 0.1) is 0 Å². The van der Waals surface area contributed by atoms with Gasteiger partial charge in [0.25, 0.3) is 0 Å². The first kappa shape index (κ1) is 28.3. The van der Waals surface area contributed by atoms with Crippen molar-refractivity contribution in [3.8, 4) is 55.6 Å². The van der Waals surface area contributed by atoms with Gasteiger partial charge < -0.3 is 0 Å². The summed E-state index contributed by atoms with van der Waals surface area (Å²) in [6.07, 6.45) is 0. The molecule has 0 radical (unpaired) electrons. The molecule has 0 atom stereocenters. The average Bonchev–Trinajstić information content (AvgIpc) is 3.69. The maximum atomic E-state index is 2.53. The van der Waals surface area contributed by atoms with E-state index >= 15 is 0 Å². The van der Waals surface area contributed by atoms with Gasteiger partial charge in [0.15, 0.2) is 0 Å². The van der Waals surface area contributed by atoms with Gasteiger partial charge in [0.1, 0.15) is 0 Å². The largest absolute Gasteiger partial charge is 0.0713 e. The van der Waals surface area contributed by atoms with E-state index in [0.29, 0.717) is 0 Å². The van der Waals surface area contributed by atoms with Gasteiger partial charge in [0.05, 0.1) is 5.41 Å². The number of fused-ring (bicyclic) bond motifs is 7. The monoisotopic (exact) mass is 644 g/mol. The maximum absolute atomic E-state index is 2.53. The van der Waals surface area contributed by atoms with Gasteiger partial charge in [-0.1, -0.05) is 188 Å². The second-order valence-corrected chi connectivity index (χ2v) is 13.9. The van der Waals surface area contributed by atoms with Gasteiger partial charge in [-0.25, -0.2) is 0 Å². The van der Waals surface area contributed by atoms with Crippen LogP contribution in [0.2, 0.25) is 0 Å². The molecule has 2 aliphatic carbocycles. The third-order valence-corrected chi connectivity index (χ3v) is 11.5. The van der Waals surface area contributed by atoms with Crippen molar-refractivity contribution < 1.29 is 0 Å². The molecule has 2 aliphatic rings. The Morgan fingerprint density at radius 1 is 0.294 bits per heavy atom. The molecule has 0 N–H and O–H groups in total. The molecule has 0 bridgehead atoms. The Kier molecular flexibility index (Phi) is 5.97. The lowest BCUT2D eigenvalue weighted by atomic mass is 9.67. The zero-order chi connectivity index (χ0) is 33.5. The van der Waals surface area contributed by atoms with Gasteiger partial charge in [-0.15, -0.1) is 0 Å². The van der Waals surface area contributed by atoms with Crippen molar-refractivity contribution in [3.63, 3.8) is 0 Å². The van der Waals surface area contributed by atoms with Gasteiger partial charge in [0, 0.05) is 0 Å². The summed E-state index contributed by atoms with van der Waals surface area (Å²) in [5.41, 5.74) is 17.8. The standard InChI is InChI=1S/C51H32/c1-4-16-34(17-5-1)47-40-25-10-11-26-41(40)48(50-43-28-15-19-33-18-14-27-42(46(33)43)49(47)50)35-30-31-39-38-24-12-13-29-44(38)51(45(39)32-35,36-20-6-2-7-21-36)37-22-8-3-9-23-37/h1-32H. The first-order valence-corrected chi connectivity index (χ1v) is 17.9. The van der Waals surface area contributed by atoms with Gasteiger partial charge >= 0.3 is 0 Å². The SMILES string of the molecule is c1ccc(-c2c3c(c(-c4ccc5c(c4)C(c4ccccc4)(c4ccccc4)c4ccccc4-5)c4ccccc24)-c2cccc4cccc-3c24)cc1. The Bertz CT molecular complexity index is 2780. The molecule has 0 heteroatoms. The number of benzene rings is 9. The summed E-state index contributed by atoms with van der Waals surface area (Å²) >= 11 is 0. The molecule has 9 aromatic rings. The first-order valence-electron chi connectivity index (χ1n) is 17.9. The fourth-order valence-corrected chi connectivity index (χ4v) is 9.54. The summed E-state index contributed by atoms with van der Waals surface area (Å²) in [6, 6.07) is 72.3. The van der Waals surface area contributed by atoms with Crippen molar-refractivity contribution in [1.82, 2.24) is 0 Å². The molecule has 0 saturated carbocycles. The maximum Gasteiger partial charge on any atom is 0.0713 e. The van der Waals surface area contributed by atoms with Gasteiger partial charge in [-0.3, -0.25) is 0 Å². The van der Waals surface area contributed by atoms with Crippen LogP contribution in [0.5, 0.6) is 0 Å². The van der Waals surface area contributed by atoms with E-state index in [-0.39, 0.29) is 0 Å². The summed E-state index contributed by atoms with van der Waals surface area (Å²) in [4.78, 5) is 0. The van der Waals surface area contributed by atoms with Crippen LogP contribution >= 0.6 is 0 Å². The molecule has 11 rings (SSSR count). The van der Waals surface area contributed by atoms with Crippen molar-refractivity contribution in [1.29, 1.82) is 0 Å². The fourth-order valence-electron chi connectivity index (χ4n) is 9.54. The Morgan fingerprint density at radius 3 is 1.41 bits per heavy atom. The summed E-state index contributed by atoms with van der Waals surface area (Å²) in [6.45, 7) is 0. The second kappa shape index (κ2) is 10.7. The highest BCUT2D eigenvalue weighted by molar-refractivity contribution is 6.27. The van der Waals surface area contributed by atoms with Crippen LogP contribution < -0.4 is 0 Å². The van der Waals surface area contributed by atoms with Crippen LogP contribution in [0.3, 0.4) is 0 Å². The van der Waals surface area contributed by atoms with E-state index < -0.39 is 5.41 Å². The van der Waals surface area contributed by atoms with E-state index in [1.807, 2.05) is 0 Å². The molecule has 0 spiro atoms. The highest BCUT2D eigenvalue weighted by Gasteiger charge is 2.46. The minimum absolute atomic E-state index is 0.462. The van der Waals surface area contributed by atoms with E-state index in [4.69, 9.17) is 0 Å². The van der Waals surface area contributed by atoms with Crippen LogP contribution in [0.1, 0.15) is 22.3 Å². The van der Waals surface area contributed by atoms with Crippen molar-refractivity contribution in [2.45, 2.75) is 5.41 Å². The quantitative estimate of drug-likeness (QED) is 0.179. The molecule has 0 amide bonds. The van der Waals surface area contributed by atoms with E-state index in [9.17, 15) is 0 Å². The predicted molar refractivity (Wildman–Crippen MR) is 214 cm³/mol. The predicted octanol–water partition coefficient (Wildman–Crippen LogP) is 13.3. The summed E-state index contributed by atoms with van der Waals surface area (Å²) in [5, 5.41) is 5.19. The van der Waals surface area contributed by atoms with Crippen molar-refractivity contribution >= 4 is 21.5 Å². The number of rotatable bonds is 4. The summed E-state index contributed by atoms with van der Waals surface area (Å²) in [7, 11) is 0. The molecule has 0 aromatic heterocycles.